The summed E-state index contributed by atoms with van der Waals surface area (Å²) in [6.45, 7) is 1.36. The van der Waals surface area contributed by atoms with Crippen LogP contribution in [0.2, 0.25) is 5.02 Å². The van der Waals surface area contributed by atoms with E-state index < -0.39 is 36.3 Å². The van der Waals surface area contributed by atoms with E-state index >= 15 is 0 Å². The van der Waals surface area contributed by atoms with Gasteiger partial charge in [0, 0.05) is 10.7 Å². The Morgan fingerprint density at radius 2 is 1.49 bits per heavy atom. The molecule has 0 fully saturated rings. The van der Waals surface area contributed by atoms with Crippen LogP contribution in [0.3, 0.4) is 0 Å². The van der Waals surface area contributed by atoms with Crippen LogP contribution in [0, 0.1) is 0 Å². The number of hydrogen-bond donors (Lipinski definition) is 1. The Bertz CT molecular complexity index is 1400. The Hall–Kier alpha value is -4.50. The van der Waals surface area contributed by atoms with Crippen LogP contribution in [0.25, 0.3) is 0 Å². The number of nitrogens with zero attached hydrogens (tertiary/aromatic N) is 1. The van der Waals surface area contributed by atoms with Gasteiger partial charge in [-0.2, -0.15) is 0 Å². The van der Waals surface area contributed by atoms with Gasteiger partial charge >= 0.3 is 11.9 Å². The zero-order valence-corrected chi connectivity index (χ0v) is 20.4. The number of amides is 3. The van der Waals surface area contributed by atoms with Crippen LogP contribution in [0.15, 0.2) is 66.7 Å². The number of carbonyl (C=O) groups is 5. The maximum atomic E-state index is 12.9. The molecule has 0 aliphatic carbocycles. The molecule has 188 valence electrons. The second-order valence-corrected chi connectivity index (χ2v) is 8.38. The first-order valence-corrected chi connectivity index (χ1v) is 11.6. The van der Waals surface area contributed by atoms with Gasteiger partial charge in [-0.05, 0) is 61.0 Å². The van der Waals surface area contributed by atoms with Crippen LogP contribution in [0.5, 0.6) is 0 Å². The molecule has 0 saturated heterocycles. The number of anilines is 1. The number of halogens is 1. The third-order valence-electron chi connectivity index (χ3n) is 5.51. The van der Waals surface area contributed by atoms with Crippen LogP contribution in [0.1, 0.15) is 53.9 Å². The lowest BCUT2D eigenvalue weighted by atomic mass is 10.1. The second kappa shape index (κ2) is 11.0. The highest BCUT2D eigenvalue weighted by molar-refractivity contribution is 6.31. The first-order chi connectivity index (χ1) is 17.8. The second-order valence-electron chi connectivity index (χ2n) is 7.97. The van der Waals surface area contributed by atoms with Crippen molar-refractivity contribution in [3.63, 3.8) is 0 Å². The number of rotatable bonds is 8. The molecule has 3 aromatic carbocycles. The summed E-state index contributed by atoms with van der Waals surface area (Å²) >= 11 is 6.16. The van der Waals surface area contributed by atoms with Crippen molar-refractivity contribution >= 4 is 46.9 Å². The normalized spacial score (nSPS) is 12.2. The van der Waals surface area contributed by atoms with Gasteiger partial charge in [0.2, 0.25) is 0 Å². The molecule has 37 heavy (non-hydrogen) atoms. The van der Waals surface area contributed by atoms with Crippen molar-refractivity contribution in [1.29, 1.82) is 0 Å². The average molecular weight is 521 g/mol. The fourth-order valence-corrected chi connectivity index (χ4v) is 3.87. The van der Waals surface area contributed by atoms with Gasteiger partial charge in [0.15, 0.2) is 6.61 Å². The first-order valence-electron chi connectivity index (χ1n) is 11.3. The summed E-state index contributed by atoms with van der Waals surface area (Å²) in [5, 5.41) is 2.98. The molecule has 3 amide bonds. The Morgan fingerprint density at radius 1 is 0.838 bits per heavy atom. The van der Waals surface area contributed by atoms with Crippen molar-refractivity contribution in [2.75, 3.05) is 18.5 Å². The van der Waals surface area contributed by atoms with Gasteiger partial charge in [0.1, 0.15) is 0 Å². The third kappa shape index (κ3) is 5.68. The van der Waals surface area contributed by atoms with Crippen molar-refractivity contribution in [3.05, 3.63) is 99.6 Å². The average Bonchev–Trinajstić information content (AvgIpc) is 3.13. The molecule has 3 aromatic rings. The van der Waals surface area contributed by atoms with E-state index in [4.69, 9.17) is 21.1 Å². The van der Waals surface area contributed by atoms with Gasteiger partial charge in [-0.25, -0.2) is 9.59 Å². The predicted molar refractivity (Wildman–Crippen MR) is 133 cm³/mol. The molecule has 0 saturated carbocycles. The number of carbonyl (C=O) groups excluding carboxylic acids is 5. The Labute approximate surface area is 216 Å². The molecule has 10 heteroatoms. The largest absolute Gasteiger partial charge is 0.462 e. The van der Waals surface area contributed by atoms with Crippen molar-refractivity contribution in [3.8, 4) is 0 Å². The summed E-state index contributed by atoms with van der Waals surface area (Å²) in [5.41, 5.74) is 1.59. The molecule has 0 aromatic heterocycles. The van der Waals surface area contributed by atoms with Gasteiger partial charge in [-0.1, -0.05) is 29.8 Å². The molecule has 0 unspecified atom stereocenters. The lowest BCUT2D eigenvalue weighted by molar-refractivity contribution is -0.119. The summed E-state index contributed by atoms with van der Waals surface area (Å²) in [7, 11) is 0. The van der Waals surface area contributed by atoms with Crippen LogP contribution in [-0.4, -0.2) is 47.8 Å². The van der Waals surface area contributed by atoms with E-state index in [-0.39, 0.29) is 29.8 Å². The van der Waals surface area contributed by atoms with E-state index in [0.29, 0.717) is 21.8 Å². The van der Waals surface area contributed by atoms with Crippen LogP contribution in [-0.2, 0) is 20.8 Å². The lowest BCUT2D eigenvalue weighted by Gasteiger charge is -2.14. The van der Waals surface area contributed by atoms with E-state index in [9.17, 15) is 24.0 Å². The summed E-state index contributed by atoms with van der Waals surface area (Å²) in [6.07, 6.45) is 0. The third-order valence-corrected chi connectivity index (χ3v) is 5.88. The maximum Gasteiger partial charge on any atom is 0.338 e. The van der Waals surface area contributed by atoms with Gasteiger partial charge < -0.3 is 14.8 Å². The Morgan fingerprint density at radius 3 is 2.19 bits per heavy atom. The number of ether oxygens (including phenoxy) is 2. The number of fused-ring (bicyclic) bond motifs is 1. The molecule has 1 aliphatic heterocycles. The predicted octanol–water partition coefficient (Wildman–Crippen LogP) is 4.11. The molecule has 0 atom stereocenters. The van der Waals surface area contributed by atoms with E-state index in [2.05, 4.69) is 5.32 Å². The number of nitrogens with one attached hydrogen (secondary N) is 1. The van der Waals surface area contributed by atoms with E-state index in [0.717, 1.165) is 4.90 Å². The molecule has 1 N–H and O–H groups in total. The fraction of sp³-hybridized carbons (Fsp3) is 0.148. The van der Waals surface area contributed by atoms with Crippen molar-refractivity contribution in [1.82, 2.24) is 4.90 Å². The summed E-state index contributed by atoms with van der Waals surface area (Å²) in [6, 6.07) is 16.9. The highest BCUT2D eigenvalue weighted by Gasteiger charge is 2.36. The van der Waals surface area contributed by atoms with Crippen molar-refractivity contribution in [2.45, 2.75) is 13.5 Å². The fourth-order valence-electron chi connectivity index (χ4n) is 3.67. The standard InChI is InChI=1S/C27H21ClN2O7/c1-2-36-26(34)16-7-10-19(11-8-16)29-23(31)15-37-27(35)17-9-12-20-21(13-17)25(33)30(24(20)32)14-18-5-3-4-6-22(18)28/h3-13H,2,14-15H2,1H3,(H,29,31). The van der Waals surface area contributed by atoms with E-state index in [1.54, 1.807) is 31.2 Å². The van der Waals surface area contributed by atoms with Crippen LogP contribution >= 0.6 is 11.6 Å². The number of esters is 2. The Kier molecular flexibility index (Phi) is 7.64. The highest BCUT2D eigenvalue weighted by Crippen LogP contribution is 2.27. The summed E-state index contributed by atoms with van der Waals surface area (Å²) in [4.78, 5) is 63.1. The molecule has 1 heterocycles. The first kappa shape index (κ1) is 25.6. The van der Waals surface area contributed by atoms with Crippen LogP contribution < -0.4 is 5.32 Å². The zero-order valence-electron chi connectivity index (χ0n) is 19.7. The zero-order chi connectivity index (χ0) is 26.5. The van der Waals surface area contributed by atoms with Crippen molar-refractivity contribution in [2.24, 2.45) is 0 Å². The molecule has 4 rings (SSSR count). The SMILES string of the molecule is CCOC(=O)c1ccc(NC(=O)COC(=O)c2ccc3c(c2)C(=O)N(Cc2ccccc2Cl)C3=O)cc1. The molecular formula is C27H21ClN2O7. The minimum Gasteiger partial charge on any atom is -0.462 e. The molecule has 9 nitrogen and oxygen atoms in total. The minimum atomic E-state index is -0.833. The van der Waals surface area contributed by atoms with Gasteiger partial charge in [0.05, 0.1) is 35.4 Å². The maximum absolute atomic E-state index is 12.9. The Balaban J connectivity index is 1.36. The lowest BCUT2D eigenvalue weighted by Crippen LogP contribution is -2.29. The van der Waals surface area contributed by atoms with Crippen LogP contribution in [0.4, 0.5) is 5.69 Å². The highest BCUT2D eigenvalue weighted by atomic mass is 35.5. The number of benzene rings is 3. The molecule has 0 spiro atoms. The van der Waals surface area contributed by atoms with Gasteiger partial charge in [-0.3, -0.25) is 19.3 Å². The summed E-state index contributed by atoms with van der Waals surface area (Å²) < 4.78 is 9.97. The smallest absolute Gasteiger partial charge is 0.338 e. The van der Waals surface area contributed by atoms with E-state index in [1.165, 1.54) is 42.5 Å². The van der Waals surface area contributed by atoms with E-state index in [1.807, 2.05) is 0 Å². The van der Waals surface area contributed by atoms with Crippen molar-refractivity contribution < 1.29 is 33.4 Å². The summed E-state index contributed by atoms with van der Waals surface area (Å²) in [5.74, 6) is -2.96. The molecular weight excluding hydrogens is 500 g/mol. The quantitative estimate of drug-likeness (QED) is 0.350. The number of hydrogen-bond acceptors (Lipinski definition) is 7. The van der Waals surface area contributed by atoms with Gasteiger partial charge in [0.25, 0.3) is 17.7 Å². The molecule has 1 aliphatic rings. The molecule has 0 radical (unpaired) electrons. The minimum absolute atomic E-state index is 0.00720. The topological polar surface area (TPSA) is 119 Å². The number of imide groups is 1. The molecule has 0 bridgehead atoms. The monoisotopic (exact) mass is 520 g/mol. The van der Waals surface area contributed by atoms with Gasteiger partial charge in [-0.15, -0.1) is 0 Å².